The van der Waals surface area contributed by atoms with Crippen LogP contribution in [-0.2, 0) is 11.3 Å². The number of nitrogens with zero attached hydrogens (tertiary/aromatic N) is 3. The summed E-state index contributed by atoms with van der Waals surface area (Å²) in [6.07, 6.45) is 1.91. The van der Waals surface area contributed by atoms with E-state index in [9.17, 15) is 9.59 Å². The summed E-state index contributed by atoms with van der Waals surface area (Å²) in [6.45, 7) is 2.73. The van der Waals surface area contributed by atoms with Crippen LogP contribution in [0.25, 0.3) is 11.3 Å². The van der Waals surface area contributed by atoms with E-state index in [-0.39, 0.29) is 24.1 Å². The second-order valence-electron chi connectivity index (χ2n) is 7.24. The fraction of sp³-hybridized carbons (Fsp3) is 0.261. The van der Waals surface area contributed by atoms with Crippen molar-refractivity contribution >= 4 is 5.91 Å². The number of benzene rings is 2. The normalized spacial score (nSPS) is 16.3. The number of carbonyl (C=O) groups is 1. The minimum atomic E-state index is -0.265. The van der Waals surface area contributed by atoms with E-state index in [0.29, 0.717) is 12.2 Å². The number of hydrogen-bond acceptors (Lipinski definition) is 3. The molecule has 142 valence electrons. The summed E-state index contributed by atoms with van der Waals surface area (Å²) in [7, 11) is 0. The Morgan fingerprint density at radius 3 is 2.54 bits per heavy atom. The molecule has 28 heavy (non-hydrogen) atoms. The predicted molar refractivity (Wildman–Crippen MR) is 109 cm³/mol. The third-order valence-electron chi connectivity index (χ3n) is 5.26. The van der Waals surface area contributed by atoms with Crippen molar-refractivity contribution < 1.29 is 4.79 Å². The molecule has 1 aliphatic rings. The summed E-state index contributed by atoms with van der Waals surface area (Å²) in [5.74, 6) is -0.0668. The van der Waals surface area contributed by atoms with Crippen molar-refractivity contribution in [1.29, 1.82) is 0 Å². The molecular weight excluding hydrogens is 350 g/mol. The lowest BCUT2D eigenvalue weighted by Crippen LogP contribution is -2.37. The Labute approximate surface area is 164 Å². The lowest BCUT2D eigenvalue weighted by atomic mass is 10.0. The van der Waals surface area contributed by atoms with Gasteiger partial charge in [-0.1, -0.05) is 60.2 Å². The van der Waals surface area contributed by atoms with E-state index in [4.69, 9.17) is 0 Å². The Kier molecular flexibility index (Phi) is 5.06. The summed E-state index contributed by atoms with van der Waals surface area (Å²) in [6, 6.07) is 21.2. The maximum atomic E-state index is 13.0. The second kappa shape index (κ2) is 7.80. The van der Waals surface area contributed by atoms with Gasteiger partial charge in [0.05, 0.1) is 11.7 Å². The maximum absolute atomic E-state index is 13.0. The van der Waals surface area contributed by atoms with Crippen molar-refractivity contribution in [2.24, 2.45) is 0 Å². The first-order valence-electron chi connectivity index (χ1n) is 9.61. The molecule has 5 nitrogen and oxygen atoms in total. The van der Waals surface area contributed by atoms with Gasteiger partial charge in [-0.15, -0.1) is 0 Å². The molecule has 0 radical (unpaired) electrons. The number of hydrogen-bond donors (Lipinski definition) is 0. The van der Waals surface area contributed by atoms with Crippen LogP contribution < -0.4 is 5.56 Å². The molecule has 1 amide bonds. The molecule has 1 unspecified atom stereocenters. The average molecular weight is 373 g/mol. The Morgan fingerprint density at radius 1 is 1.04 bits per heavy atom. The number of likely N-dealkylation sites (tertiary alicyclic amines) is 1. The van der Waals surface area contributed by atoms with Crippen LogP contribution >= 0.6 is 0 Å². The smallest absolute Gasteiger partial charge is 0.267 e. The van der Waals surface area contributed by atoms with E-state index >= 15 is 0 Å². The Morgan fingerprint density at radius 2 is 1.79 bits per heavy atom. The monoisotopic (exact) mass is 373 g/mol. The zero-order valence-corrected chi connectivity index (χ0v) is 15.9. The van der Waals surface area contributed by atoms with Gasteiger partial charge in [0.1, 0.15) is 6.54 Å². The van der Waals surface area contributed by atoms with E-state index < -0.39 is 0 Å². The topological polar surface area (TPSA) is 55.2 Å². The predicted octanol–water partition coefficient (Wildman–Crippen LogP) is 3.58. The van der Waals surface area contributed by atoms with Crippen LogP contribution in [0.3, 0.4) is 0 Å². The van der Waals surface area contributed by atoms with Crippen molar-refractivity contribution in [1.82, 2.24) is 14.7 Å². The maximum Gasteiger partial charge on any atom is 0.267 e. The average Bonchev–Trinajstić information content (AvgIpc) is 3.21. The summed E-state index contributed by atoms with van der Waals surface area (Å²) in [4.78, 5) is 27.1. The highest BCUT2D eigenvalue weighted by atomic mass is 16.2. The molecule has 0 spiro atoms. The van der Waals surface area contributed by atoms with Crippen LogP contribution in [0.1, 0.15) is 30.0 Å². The van der Waals surface area contributed by atoms with Crippen LogP contribution in [-0.4, -0.2) is 27.1 Å². The number of amides is 1. The Hall–Kier alpha value is -3.21. The van der Waals surface area contributed by atoms with Gasteiger partial charge in [-0.3, -0.25) is 9.59 Å². The van der Waals surface area contributed by atoms with Crippen LogP contribution in [0.4, 0.5) is 0 Å². The lowest BCUT2D eigenvalue weighted by molar-refractivity contribution is -0.133. The van der Waals surface area contributed by atoms with E-state index in [1.54, 1.807) is 6.07 Å². The molecule has 4 rings (SSSR count). The van der Waals surface area contributed by atoms with Gasteiger partial charge in [0.2, 0.25) is 5.91 Å². The van der Waals surface area contributed by atoms with E-state index in [2.05, 4.69) is 36.3 Å². The minimum absolute atomic E-state index is 0.0398. The molecule has 1 aliphatic heterocycles. The van der Waals surface area contributed by atoms with Gasteiger partial charge in [-0.2, -0.15) is 5.10 Å². The van der Waals surface area contributed by atoms with Gasteiger partial charge < -0.3 is 4.90 Å². The lowest BCUT2D eigenvalue weighted by Gasteiger charge is -2.25. The van der Waals surface area contributed by atoms with Crippen LogP contribution in [0, 0.1) is 6.92 Å². The van der Waals surface area contributed by atoms with Crippen molar-refractivity contribution in [3.05, 3.63) is 88.2 Å². The van der Waals surface area contributed by atoms with Crippen molar-refractivity contribution in [3.63, 3.8) is 0 Å². The first kappa shape index (κ1) is 18.2. The fourth-order valence-electron chi connectivity index (χ4n) is 3.74. The van der Waals surface area contributed by atoms with Crippen LogP contribution in [0.5, 0.6) is 0 Å². The molecule has 0 saturated carbocycles. The zero-order valence-electron chi connectivity index (χ0n) is 15.9. The summed E-state index contributed by atoms with van der Waals surface area (Å²) in [5, 5.41) is 4.42. The summed E-state index contributed by atoms with van der Waals surface area (Å²) < 4.78 is 1.27. The molecule has 2 heterocycles. The molecule has 1 fully saturated rings. The fourth-order valence-corrected chi connectivity index (χ4v) is 3.74. The summed E-state index contributed by atoms with van der Waals surface area (Å²) >= 11 is 0. The SMILES string of the molecule is Cc1ccc(C2CCCN2C(=O)Cn2nc(-c3ccccc3)ccc2=O)cc1. The van der Waals surface area contributed by atoms with Crippen LogP contribution in [0.15, 0.2) is 71.5 Å². The number of aromatic nitrogens is 2. The van der Waals surface area contributed by atoms with Gasteiger partial charge in [-0.25, -0.2) is 4.68 Å². The molecule has 0 N–H and O–H groups in total. The molecule has 1 aromatic heterocycles. The van der Waals surface area contributed by atoms with E-state index in [1.165, 1.54) is 16.3 Å². The number of rotatable bonds is 4. The molecular formula is C23H23N3O2. The molecule has 5 heteroatoms. The van der Waals surface area contributed by atoms with Gasteiger partial charge in [0.25, 0.3) is 5.56 Å². The molecule has 0 bridgehead atoms. The van der Waals surface area contributed by atoms with Crippen LogP contribution in [0.2, 0.25) is 0 Å². The largest absolute Gasteiger partial charge is 0.334 e. The van der Waals surface area contributed by atoms with Gasteiger partial charge >= 0.3 is 0 Å². The Balaban J connectivity index is 1.56. The molecule has 3 aromatic rings. The second-order valence-corrected chi connectivity index (χ2v) is 7.24. The molecule has 1 saturated heterocycles. The zero-order chi connectivity index (χ0) is 19.5. The van der Waals surface area contributed by atoms with E-state index in [0.717, 1.165) is 24.0 Å². The standard InChI is InChI=1S/C23H23N3O2/c1-17-9-11-19(12-10-17)21-8-5-15-25(21)23(28)16-26-22(27)14-13-20(24-26)18-6-3-2-4-7-18/h2-4,6-7,9-14,21H,5,8,15-16H2,1H3. The highest BCUT2D eigenvalue weighted by molar-refractivity contribution is 5.77. The number of carbonyl (C=O) groups excluding carboxylic acids is 1. The highest BCUT2D eigenvalue weighted by Gasteiger charge is 2.30. The minimum Gasteiger partial charge on any atom is -0.334 e. The third-order valence-corrected chi connectivity index (χ3v) is 5.26. The first-order chi connectivity index (χ1) is 13.6. The third kappa shape index (κ3) is 3.74. The van der Waals surface area contributed by atoms with Crippen molar-refractivity contribution in [3.8, 4) is 11.3 Å². The molecule has 0 aliphatic carbocycles. The van der Waals surface area contributed by atoms with Gasteiger partial charge in [-0.05, 0) is 31.4 Å². The van der Waals surface area contributed by atoms with Gasteiger partial charge in [0.15, 0.2) is 0 Å². The quantitative estimate of drug-likeness (QED) is 0.702. The highest BCUT2D eigenvalue weighted by Crippen LogP contribution is 2.32. The van der Waals surface area contributed by atoms with Crippen molar-refractivity contribution in [2.45, 2.75) is 32.4 Å². The Bertz CT molecular complexity index is 1030. The van der Waals surface area contributed by atoms with Gasteiger partial charge in [0, 0.05) is 18.2 Å². The number of aryl methyl sites for hydroxylation is 1. The first-order valence-corrected chi connectivity index (χ1v) is 9.61. The van der Waals surface area contributed by atoms with E-state index in [1.807, 2.05) is 35.2 Å². The van der Waals surface area contributed by atoms with Crippen molar-refractivity contribution in [2.75, 3.05) is 6.54 Å². The summed E-state index contributed by atoms with van der Waals surface area (Å²) in [5.41, 5.74) is 3.69. The molecule has 2 aromatic carbocycles. The molecule has 1 atom stereocenters.